The molecule has 1 aliphatic carbocycles. The molecule has 0 spiro atoms. The van der Waals surface area contributed by atoms with Gasteiger partial charge in [0.1, 0.15) is 0 Å². The summed E-state index contributed by atoms with van der Waals surface area (Å²) in [5, 5.41) is 11.1. The molecule has 6 nitrogen and oxygen atoms in total. The van der Waals surface area contributed by atoms with Crippen LogP contribution >= 0.6 is 0 Å². The van der Waals surface area contributed by atoms with Crippen molar-refractivity contribution in [1.29, 1.82) is 0 Å². The maximum Gasteiger partial charge on any atom is 0.310 e. The highest BCUT2D eigenvalue weighted by molar-refractivity contribution is 5.78. The normalized spacial score (nSPS) is 14.5. The fraction of sp³-hybridized carbons (Fsp3) is 0.350. The molecule has 0 aromatic heterocycles. The van der Waals surface area contributed by atoms with Crippen LogP contribution in [-0.2, 0) is 11.3 Å². The van der Waals surface area contributed by atoms with Crippen LogP contribution in [0.5, 0.6) is 5.75 Å². The molecule has 2 aromatic carbocycles. The SMILES string of the molecule is CC(C1CC1)N(Cc1ccccc1)C(=O)COc1ccccc1[N+](=O)[O-]. The molecule has 1 atom stereocenters. The third kappa shape index (κ3) is 4.39. The van der Waals surface area contributed by atoms with Gasteiger partial charge in [-0.05, 0) is 37.3 Å². The highest BCUT2D eigenvalue weighted by Gasteiger charge is 2.34. The highest BCUT2D eigenvalue weighted by atomic mass is 16.6. The van der Waals surface area contributed by atoms with Crippen molar-refractivity contribution in [3.8, 4) is 5.75 Å². The first kappa shape index (κ1) is 17.9. The van der Waals surface area contributed by atoms with Crippen molar-refractivity contribution in [2.75, 3.05) is 6.61 Å². The largest absolute Gasteiger partial charge is 0.477 e. The van der Waals surface area contributed by atoms with Crippen LogP contribution in [0.4, 0.5) is 5.69 Å². The first-order valence-corrected chi connectivity index (χ1v) is 8.76. The van der Waals surface area contributed by atoms with Crippen molar-refractivity contribution in [3.63, 3.8) is 0 Å². The first-order valence-electron chi connectivity index (χ1n) is 8.76. The van der Waals surface area contributed by atoms with E-state index < -0.39 is 4.92 Å². The minimum Gasteiger partial charge on any atom is -0.477 e. The molecular formula is C20H22N2O4. The van der Waals surface area contributed by atoms with Crippen LogP contribution in [0.2, 0.25) is 0 Å². The number of nitro benzene ring substituents is 1. The third-order valence-corrected chi connectivity index (χ3v) is 4.73. The number of hydrogen-bond acceptors (Lipinski definition) is 4. The minimum absolute atomic E-state index is 0.115. The Morgan fingerprint density at radius 1 is 1.19 bits per heavy atom. The Morgan fingerprint density at radius 3 is 2.50 bits per heavy atom. The smallest absolute Gasteiger partial charge is 0.310 e. The average molecular weight is 354 g/mol. The van der Waals surface area contributed by atoms with Gasteiger partial charge in [0.25, 0.3) is 5.91 Å². The molecular weight excluding hydrogens is 332 g/mol. The van der Waals surface area contributed by atoms with Gasteiger partial charge in [0.2, 0.25) is 0 Å². The van der Waals surface area contributed by atoms with Crippen LogP contribution in [0.15, 0.2) is 54.6 Å². The van der Waals surface area contributed by atoms with Gasteiger partial charge in [0.05, 0.1) is 4.92 Å². The van der Waals surface area contributed by atoms with Crippen molar-refractivity contribution >= 4 is 11.6 Å². The lowest BCUT2D eigenvalue weighted by atomic mass is 10.1. The van der Waals surface area contributed by atoms with Crippen molar-refractivity contribution in [2.45, 2.75) is 32.4 Å². The van der Waals surface area contributed by atoms with Gasteiger partial charge in [-0.3, -0.25) is 14.9 Å². The summed E-state index contributed by atoms with van der Waals surface area (Å²) in [6.07, 6.45) is 2.26. The molecule has 0 radical (unpaired) electrons. The maximum absolute atomic E-state index is 12.8. The standard InChI is InChI=1S/C20H22N2O4/c1-15(17-11-12-17)21(13-16-7-3-2-4-8-16)20(23)14-26-19-10-6-5-9-18(19)22(24)25/h2-10,15,17H,11-14H2,1H3. The van der Waals surface area contributed by atoms with Crippen LogP contribution in [-0.4, -0.2) is 28.4 Å². The second-order valence-corrected chi connectivity index (χ2v) is 6.60. The van der Waals surface area contributed by atoms with E-state index in [2.05, 4.69) is 6.92 Å². The number of carbonyl (C=O) groups excluding carboxylic acids is 1. The minimum atomic E-state index is -0.506. The van der Waals surface area contributed by atoms with Crippen molar-refractivity contribution in [1.82, 2.24) is 4.90 Å². The van der Waals surface area contributed by atoms with E-state index in [1.54, 1.807) is 12.1 Å². The Balaban J connectivity index is 1.70. The number of nitro groups is 1. The summed E-state index contributed by atoms with van der Waals surface area (Å²) in [6.45, 7) is 2.36. The molecule has 136 valence electrons. The summed E-state index contributed by atoms with van der Waals surface area (Å²) in [7, 11) is 0. The molecule has 1 unspecified atom stereocenters. The first-order chi connectivity index (χ1) is 12.6. The molecule has 1 amide bonds. The van der Waals surface area contributed by atoms with Gasteiger partial charge in [-0.2, -0.15) is 0 Å². The quantitative estimate of drug-likeness (QED) is 0.534. The zero-order valence-electron chi connectivity index (χ0n) is 14.7. The molecule has 2 aromatic rings. The molecule has 0 saturated heterocycles. The maximum atomic E-state index is 12.8. The van der Waals surface area contributed by atoms with E-state index in [1.165, 1.54) is 12.1 Å². The number of nitrogens with zero attached hydrogens (tertiary/aromatic N) is 2. The van der Waals surface area contributed by atoms with Crippen LogP contribution in [0.25, 0.3) is 0 Å². The van der Waals surface area contributed by atoms with Gasteiger partial charge >= 0.3 is 5.69 Å². The Morgan fingerprint density at radius 2 is 1.85 bits per heavy atom. The topological polar surface area (TPSA) is 72.7 Å². The fourth-order valence-electron chi connectivity index (χ4n) is 3.02. The Labute approximate surface area is 152 Å². The number of amides is 1. The van der Waals surface area contributed by atoms with Gasteiger partial charge < -0.3 is 9.64 Å². The monoisotopic (exact) mass is 354 g/mol. The molecule has 3 rings (SSSR count). The van der Waals surface area contributed by atoms with E-state index in [-0.39, 0.29) is 30.0 Å². The van der Waals surface area contributed by atoms with Crippen LogP contribution in [0.1, 0.15) is 25.3 Å². The van der Waals surface area contributed by atoms with Crippen molar-refractivity contribution < 1.29 is 14.5 Å². The predicted octanol–water partition coefficient (Wildman–Crippen LogP) is 3.80. The molecule has 0 heterocycles. The Bertz CT molecular complexity index is 774. The number of hydrogen-bond donors (Lipinski definition) is 0. The molecule has 0 bridgehead atoms. The molecule has 0 N–H and O–H groups in total. The lowest BCUT2D eigenvalue weighted by Crippen LogP contribution is -2.42. The summed E-state index contributed by atoms with van der Waals surface area (Å²) in [6, 6.07) is 16.0. The lowest BCUT2D eigenvalue weighted by Gasteiger charge is -2.29. The average Bonchev–Trinajstić information content (AvgIpc) is 3.50. The summed E-state index contributed by atoms with van der Waals surface area (Å²) in [5.74, 6) is 0.477. The Kier molecular flexibility index (Phi) is 5.51. The van der Waals surface area contributed by atoms with E-state index in [1.807, 2.05) is 35.2 Å². The van der Waals surface area contributed by atoms with Gasteiger partial charge in [0.15, 0.2) is 12.4 Å². The van der Waals surface area contributed by atoms with Crippen LogP contribution in [0, 0.1) is 16.0 Å². The van der Waals surface area contributed by atoms with E-state index in [0.717, 1.165) is 18.4 Å². The number of para-hydroxylation sites is 2. The highest BCUT2D eigenvalue weighted by Crippen LogP contribution is 2.36. The van der Waals surface area contributed by atoms with Crippen LogP contribution in [0.3, 0.4) is 0 Å². The van der Waals surface area contributed by atoms with E-state index in [9.17, 15) is 14.9 Å². The molecule has 1 aliphatic rings. The molecule has 0 aliphatic heterocycles. The van der Waals surface area contributed by atoms with Crippen molar-refractivity contribution in [2.24, 2.45) is 5.92 Å². The van der Waals surface area contributed by atoms with Gasteiger partial charge in [0, 0.05) is 18.7 Å². The molecule has 26 heavy (non-hydrogen) atoms. The number of carbonyl (C=O) groups is 1. The second-order valence-electron chi connectivity index (χ2n) is 6.60. The van der Waals surface area contributed by atoms with Gasteiger partial charge in [-0.25, -0.2) is 0 Å². The van der Waals surface area contributed by atoms with E-state index in [4.69, 9.17) is 4.74 Å². The van der Waals surface area contributed by atoms with Crippen molar-refractivity contribution in [3.05, 3.63) is 70.3 Å². The molecule has 1 saturated carbocycles. The zero-order chi connectivity index (χ0) is 18.5. The predicted molar refractivity (Wildman–Crippen MR) is 97.8 cm³/mol. The lowest BCUT2D eigenvalue weighted by molar-refractivity contribution is -0.385. The third-order valence-electron chi connectivity index (χ3n) is 4.73. The molecule has 1 fully saturated rings. The fourth-order valence-corrected chi connectivity index (χ4v) is 3.02. The van der Waals surface area contributed by atoms with E-state index >= 15 is 0 Å². The Hall–Kier alpha value is -2.89. The zero-order valence-corrected chi connectivity index (χ0v) is 14.7. The van der Waals surface area contributed by atoms with Gasteiger partial charge in [-0.1, -0.05) is 42.5 Å². The molecule has 6 heteroatoms. The number of ether oxygens (including phenoxy) is 1. The number of rotatable bonds is 8. The summed E-state index contributed by atoms with van der Waals surface area (Å²) in [4.78, 5) is 25.2. The van der Waals surface area contributed by atoms with E-state index in [0.29, 0.717) is 12.5 Å². The second kappa shape index (κ2) is 7.99. The number of benzene rings is 2. The summed E-state index contributed by atoms with van der Waals surface area (Å²) in [5.41, 5.74) is 0.921. The van der Waals surface area contributed by atoms with Crippen LogP contribution < -0.4 is 4.74 Å². The van der Waals surface area contributed by atoms with Gasteiger partial charge in [-0.15, -0.1) is 0 Å². The summed E-state index contributed by atoms with van der Waals surface area (Å²) >= 11 is 0. The summed E-state index contributed by atoms with van der Waals surface area (Å²) < 4.78 is 5.50.